The first-order chi connectivity index (χ1) is 15.3. The van der Waals surface area contributed by atoms with Crippen LogP contribution >= 0.6 is 0 Å². The van der Waals surface area contributed by atoms with Crippen LogP contribution in [0.2, 0.25) is 0 Å². The van der Waals surface area contributed by atoms with E-state index in [9.17, 15) is 4.79 Å². The van der Waals surface area contributed by atoms with E-state index in [1.54, 1.807) is 0 Å². The first kappa shape index (κ1) is 20.6. The fourth-order valence-electron chi connectivity index (χ4n) is 3.82. The van der Waals surface area contributed by atoms with Crippen molar-refractivity contribution in [2.75, 3.05) is 11.9 Å². The summed E-state index contributed by atoms with van der Waals surface area (Å²) in [7, 11) is 0. The Morgan fingerprint density at radius 2 is 1.19 bits per heavy atom. The molecule has 0 saturated carbocycles. The van der Waals surface area contributed by atoms with E-state index in [0.29, 0.717) is 6.54 Å². The van der Waals surface area contributed by atoms with Crippen LogP contribution in [0, 0.1) is 0 Å². The van der Waals surface area contributed by atoms with Gasteiger partial charge in [0.2, 0.25) is 0 Å². The third-order valence-corrected chi connectivity index (χ3v) is 5.39. The van der Waals surface area contributed by atoms with E-state index in [-0.39, 0.29) is 11.9 Å². The van der Waals surface area contributed by atoms with Crippen LogP contribution in [0.5, 0.6) is 0 Å². The van der Waals surface area contributed by atoms with Crippen LogP contribution in [0.15, 0.2) is 115 Å². The van der Waals surface area contributed by atoms with E-state index in [1.807, 2.05) is 72.8 Å². The van der Waals surface area contributed by atoms with Gasteiger partial charge in [0.1, 0.15) is 6.04 Å². The van der Waals surface area contributed by atoms with Gasteiger partial charge in [-0.1, -0.05) is 109 Å². The molecule has 3 N–H and O–H groups in total. The summed E-state index contributed by atoms with van der Waals surface area (Å²) in [6.45, 7) is 0.341. The zero-order chi connectivity index (χ0) is 21.3. The van der Waals surface area contributed by atoms with Crippen molar-refractivity contribution in [1.29, 1.82) is 0 Å². The number of para-hydroxylation sites is 1. The molecule has 3 heteroatoms. The van der Waals surface area contributed by atoms with Crippen LogP contribution in [0.1, 0.15) is 28.3 Å². The van der Waals surface area contributed by atoms with Gasteiger partial charge in [-0.3, -0.25) is 4.79 Å². The van der Waals surface area contributed by atoms with Crippen molar-refractivity contribution in [1.82, 2.24) is 0 Å². The van der Waals surface area contributed by atoms with Crippen molar-refractivity contribution in [3.8, 4) is 0 Å². The van der Waals surface area contributed by atoms with Gasteiger partial charge >= 0.3 is 0 Å². The molecule has 0 aromatic heterocycles. The molecule has 0 unspecified atom stereocenters. The maximum absolute atomic E-state index is 12.8. The smallest absolute Gasteiger partial charge is 0.279 e. The molecular weight excluding hydrogens is 380 g/mol. The molecule has 0 spiro atoms. The standard InChI is InChI=1S/C28H26N2O/c31-27(30-26-19-11-10-18-25(26)20-22-12-4-1-5-13-22)21-29-28(23-14-6-2-7-15-23)24-16-8-3-9-17-24/h1-19,28-29H,20-21H2,(H,30,31)/p+1. The average Bonchev–Trinajstić information content (AvgIpc) is 2.83. The molecule has 3 nitrogen and oxygen atoms in total. The first-order valence-corrected chi connectivity index (χ1v) is 10.6. The molecule has 0 radical (unpaired) electrons. The number of rotatable bonds is 8. The molecule has 0 aliphatic heterocycles. The van der Waals surface area contributed by atoms with Gasteiger partial charge in [-0.05, 0) is 23.6 Å². The number of hydrogen-bond acceptors (Lipinski definition) is 1. The number of carbonyl (C=O) groups excluding carboxylic acids is 1. The molecule has 0 aliphatic carbocycles. The lowest BCUT2D eigenvalue weighted by Gasteiger charge is -2.17. The number of nitrogens with one attached hydrogen (secondary N) is 1. The van der Waals surface area contributed by atoms with E-state index in [2.05, 4.69) is 53.1 Å². The highest BCUT2D eigenvalue weighted by molar-refractivity contribution is 5.92. The summed E-state index contributed by atoms with van der Waals surface area (Å²) in [5, 5.41) is 5.22. The van der Waals surface area contributed by atoms with E-state index >= 15 is 0 Å². The second-order valence-electron chi connectivity index (χ2n) is 7.61. The van der Waals surface area contributed by atoms with Gasteiger partial charge in [-0.25, -0.2) is 0 Å². The summed E-state index contributed by atoms with van der Waals surface area (Å²) in [6.07, 6.45) is 0.789. The number of amides is 1. The summed E-state index contributed by atoms with van der Waals surface area (Å²) in [6, 6.07) is 39.1. The lowest BCUT2D eigenvalue weighted by molar-refractivity contribution is -0.676. The van der Waals surface area contributed by atoms with Crippen molar-refractivity contribution < 1.29 is 10.1 Å². The highest BCUT2D eigenvalue weighted by atomic mass is 16.1. The molecule has 0 fully saturated rings. The highest BCUT2D eigenvalue weighted by Gasteiger charge is 2.19. The number of nitrogens with two attached hydrogens (primary N) is 1. The van der Waals surface area contributed by atoms with Crippen LogP contribution in [-0.2, 0) is 11.2 Å². The Balaban J connectivity index is 1.45. The Morgan fingerprint density at radius 3 is 1.81 bits per heavy atom. The second-order valence-corrected chi connectivity index (χ2v) is 7.61. The molecule has 1 amide bonds. The third kappa shape index (κ3) is 5.68. The average molecular weight is 408 g/mol. The van der Waals surface area contributed by atoms with E-state index in [4.69, 9.17) is 0 Å². The van der Waals surface area contributed by atoms with E-state index in [0.717, 1.165) is 17.7 Å². The predicted octanol–water partition coefficient (Wildman–Crippen LogP) is 4.57. The summed E-state index contributed by atoms with van der Waals surface area (Å²) >= 11 is 0. The number of hydrogen-bond donors (Lipinski definition) is 2. The Labute approximate surface area is 183 Å². The largest absolute Gasteiger partial charge is 0.328 e. The number of benzene rings is 4. The van der Waals surface area contributed by atoms with Gasteiger partial charge in [-0.15, -0.1) is 0 Å². The molecule has 0 heterocycles. The predicted molar refractivity (Wildman–Crippen MR) is 126 cm³/mol. The quantitative estimate of drug-likeness (QED) is 0.442. The Bertz CT molecular complexity index is 1060. The minimum absolute atomic E-state index is 0.00243. The van der Waals surface area contributed by atoms with Crippen molar-refractivity contribution in [2.45, 2.75) is 12.5 Å². The number of anilines is 1. The van der Waals surface area contributed by atoms with Gasteiger partial charge in [0.15, 0.2) is 6.54 Å². The first-order valence-electron chi connectivity index (χ1n) is 10.6. The van der Waals surface area contributed by atoms with E-state index < -0.39 is 0 Å². The zero-order valence-corrected chi connectivity index (χ0v) is 17.4. The van der Waals surface area contributed by atoms with Gasteiger partial charge in [0, 0.05) is 16.8 Å². The van der Waals surface area contributed by atoms with Crippen LogP contribution in [0.25, 0.3) is 0 Å². The lowest BCUT2D eigenvalue weighted by atomic mass is 9.99. The Kier molecular flexibility index (Phi) is 6.89. The molecule has 154 valence electrons. The molecule has 0 bridgehead atoms. The minimum atomic E-state index is -0.00243. The zero-order valence-electron chi connectivity index (χ0n) is 17.4. The number of carbonyl (C=O) groups is 1. The molecule has 4 aromatic carbocycles. The van der Waals surface area contributed by atoms with E-state index in [1.165, 1.54) is 16.7 Å². The molecule has 4 aromatic rings. The molecular formula is C28H27N2O+. The SMILES string of the molecule is O=C(C[NH2+]C(c1ccccc1)c1ccccc1)Nc1ccccc1Cc1ccccc1. The van der Waals surface area contributed by atoms with Crippen molar-refractivity contribution in [2.24, 2.45) is 0 Å². The van der Waals surface area contributed by atoms with Crippen LogP contribution in [-0.4, -0.2) is 12.5 Å². The van der Waals surface area contributed by atoms with Crippen LogP contribution < -0.4 is 10.6 Å². The number of quaternary nitrogens is 1. The normalized spacial score (nSPS) is 10.7. The molecule has 4 rings (SSSR count). The van der Waals surface area contributed by atoms with Crippen molar-refractivity contribution >= 4 is 11.6 Å². The summed E-state index contributed by atoms with van der Waals surface area (Å²) in [5.41, 5.74) is 5.59. The van der Waals surface area contributed by atoms with Gasteiger partial charge in [0.25, 0.3) is 5.91 Å². The van der Waals surface area contributed by atoms with Crippen LogP contribution in [0.4, 0.5) is 5.69 Å². The Hall–Kier alpha value is -3.69. The molecule has 31 heavy (non-hydrogen) atoms. The van der Waals surface area contributed by atoms with Crippen molar-refractivity contribution in [3.05, 3.63) is 138 Å². The fourth-order valence-corrected chi connectivity index (χ4v) is 3.82. The fraction of sp³-hybridized carbons (Fsp3) is 0.107. The van der Waals surface area contributed by atoms with Crippen LogP contribution in [0.3, 0.4) is 0 Å². The monoisotopic (exact) mass is 407 g/mol. The molecule has 0 aliphatic rings. The molecule has 0 saturated heterocycles. The summed E-state index contributed by atoms with van der Waals surface area (Å²) in [5.74, 6) is -0.00243. The van der Waals surface area contributed by atoms with Gasteiger partial charge in [0.05, 0.1) is 0 Å². The summed E-state index contributed by atoms with van der Waals surface area (Å²) < 4.78 is 0. The molecule has 0 atom stereocenters. The van der Waals surface area contributed by atoms with Gasteiger partial charge < -0.3 is 10.6 Å². The lowest BCUT2D eigenvalue weighted by Crippen LogP contribution is -2.87. The maximum atomic E-state index is 12.8. The maximum Gasteiger partial charge on any atom is 0.279 e. The van der Waals surface area contributed by atoms with Crippen molar-refractivity contribution in [3.63, 3.8) is 0 Å². The minimum Gasteiger partial charge on any atom is -0.328 e. The third-order valence-electron chi connectivity index (χ3n) is 5.39. The highest BCUT2D eigenvalue weighted by Crippen LogP contribution is 2.20. The Morgan fingerprint density at radius 1 is 0.677 bits per heavy atom. The topological polar surface area (TPSA) is 45.7 Å². The summed E-state index contributed by atoms with van der Waals surface area (Å²) in [4.78, 5) is 12.8. The second kappa shape index (κ2) is 10.4. The van der Waals surface area contributed by atoms with Gasteiger partial charge in [-0.2, -0.15) is 0 Å².